The molecular formula is C15H15ClF4N2Sn. The van der Waals surface area contributed by atoms with E-state index in [1.807, 2.05) is 0 Å². The van der Waals surface area contributed by atoms with Crippen molar-refractivity contribution in [3.8, 4) is 0 Å². The van der Waals surface area contributed by atoms with Crippen LogP contribution in [0.4, 0.5) is 29.1 Å². The molecule has 0 bridgehead atoms. The van der Waals surface area contributed by atoms with E-state index in [4.69, 9.17) is 11.6 Å². The molecule has 8 heteroatoms. The minimum atomic E-state index is -4.55. The Morgan fingerprint density at radius 2 is 1.74 bits per heavy atom. The van der Waals surface area contributed by atoms with Crippen LogP contribution in [0.3, 0.4) is 0 Å². The molecule has 0 aliphatic heterocycles. The van der Waals surface area contributed by atoms with Gasteiger partial charge in [-0.15, -0.1) is 0 Å². The Hall–Kier alpha value is -1.02. The molecule has 2 nitrogen and oxygen atoms in total. The van der Waals surface area contributed by atoms with Crippen molar-refractivity contribution in [3.63, 3.8) is 0 Å². The first kappa shape index (κ1) is 18.3. The van der Waals surface area contributed by atoms with E-state index in [1.165, 1.54) is 24.3 Å². The Balaban J connectivity index is 2.56. The summed E-state index contributed by atoms with van der Waals surface area (Å²) in [5, 5.41) is 2.59. The Bertz CT molecular complexity index is 726. The molecule has 0 saturated carbocycles. The second kappa shape index (κ2) is 6.47. The Morgan fingerprint density at radius 1 is 1.09 bits per heavy atom. The average Bonchev–Trinajstić information content (AvgIpc) is 2.41. The average molecular weight is 453 g/mol. The van der Waals surface area contributed by atoms with Crippen LogP contribution in [-0.4, -0.2) is 23.4 Å². The van der Waals surface area contributed by atoms with Crippen LogP contribution in [0, 0.1) is 5.82 Å². The van der Waals surface area contributed by atoms with Crippen LogP contribution in [-0.2, 0) is 6.18 Å². The van der Waals surface area contributed by atoms with Gasteiger partial charge in [-0.3, -0.25) is 0 Å². The third-order valence-corrected chi connectivity index (χ3v) is 9.35. The number of anilines is 2. The quantitative estimate of drug-likeness (QED) is 0.512. The number of alkyl halides is 3. The van der Waals surface area contributed by atoms with Crippen molar-refractivity contribution >= 4 is 45.1 Å². The molecule has 1 aromatic carbocycles. The van der Waals surface area contributed by atoms with Crippen LogP contribution in [0.1, 0.15) is 5.69 Å². The molecular weight excluding hydrogens is 438 g/mol. The number of hydrogen-bond acceptors (Lipinski definition) is 2. The predicted octanol–water partition coefficient (Wildman–Crippen LogP) is 5.18. The normalized spacial score (nSPS) is 12.3. The number of pyridine rings is 1. The maximum absolute atomic E-state index is 13.5. The fraction of sp³-hybridized carbons (Fsp3) is 0.267. The first-order chi connectivity index (χ1) is 10.5. The van der Waals surface area contributed by atoms with Gasteiger partial charge in [0, 0.05) is 0 Å². The van der Waals surface area contributed by atoms with Crippen molar-refractivity contribution in [3.05, 3.63) is 46.9 Å². The number of nitrogens with one attached hydrogen (secondary N) is 1. The van der Waals surface area contributed by atoms with E-state index in [9.17, 15) is 17.6 Å². The summed E-state index contributed by atoms with van der Waals surface area (Å²) in [6.45, 7) is 0. The first-order valence-corrected chi connectivity index (χ1v) is 17.2. The SMILES string of the molecule is [CH3][Sn]([CH3])([CH3])[c]1ccc(C(F)(F)F)nc1Nc1cccc(F)c1Cl. The summed E-state index contributed by atoms with van der Waals surface area (Å²) in [6, 6.07) is 6.54. The molecule has 1 N–H and O–H groups in total. The molecule has 23 heavy (non-hydrogen) atoms. The summed E-state index contributed by atoms with van der Waals surface area (Å²) in [5.74, 6) is -0.555. The summed E-state index contributed by atoms with van der Waals surface area (Å²) in [6.07, 6.45) is -4.55. The van der Waals surface area contributed by atoms with Gasteiger partial charge in [-0.25, -0.2) is 0 Å². The van der Waals surface area contributed by atoms with Gasteiger partial charge >= 0.3 is 141 Å². The summed E-state index contributed by atoms with van der Waals surface area (Å²) >= 11 is 3.12. The minimum absolute atomic E-state index is 0.0932. The van der Waals surface area contributed by atoms with Gasteiger partial charge in [0.15, 0.2) is 0 Å². The van der Waals surface area contributed by atoms with Gasteiger partial charge in [-0.1, -0.05) is 0 Å². The molecule has 0 fully saturated rings. The molecule has 0 spiro atoms. The Labute approximate surface area is 140 Å². The summed E-state index contributed by atoms with van der Waals surface area (Å²) in [5.41, 5.74) is -0.804. The molecule has 124 valence electrons. The van der Waals surface area contributed by atoms with Crippen LogP contribution in [0.2, 0.25) is 19.8 Å². The standard InChI is InChI=1S/C12H6ClF4N2.3CH3.Sn/c13-11-7(14)3-1-4-8(11)18-10-6-2-5-9(19-10)12(15,16)17;;;;/h1-5H,(H,18,19);3*1H3;. The van der Waals surface area contributed by atoms with Crippen LogP contribution in [0.5, 0.6) is 0 Å². The summed E-state index contributed by atoms with van der Waals surface area (Å²) in [7, 11) is 0. The second-order valence-electron chi connectivity index (χ2n) is 6.07. The molecule has 0 radical (unpaired) electrons. The van der Waals surface area contributed by atoms with Gasteiger partial charge in [0.05, 0.1) is 0 Å². The molecule has 0 saturated heterocycles. The predicted molar refractivity (Wildman–Crippen MR) is 86.9 cm³/mol. The molecule has 0 aliphatic rings. The number of rotatable bonds is 3. The van der Waals surface area contributed by atoms with Gasteiger partial charge in [-0.2, -0.15) is 0 Å². The Kier molecular flexibility index (Phi) is 5.15. The number of benzene rings is 1. The number of halogens is 5. The fourth-order valence-corrected chi connectivity index (χ4v) is 6.25. The van der Waals surface area contributed by atoms with Crippen molar-refractivity contribution in [2.45, 2.75) is 21.0 Å². The van der Waals surface area contributed by atoms with E-state index in [2.05, 4.69) is 25.1 Å². The van der Waals surface area contributed by atoms with Gasteiger partial charge in [-0.05, 0) is 0 Å². The second-order valence-corrected chi connectivity index (χ2v) is 20.8. The van der Waals surface area contributed by atoms with E-state index in [0.717, 1.165) is 9.65 Å². The zero-order valence-electron chi connectivity index (χ0n) is 12.7. The monoisotopic (exact) mass is 454 g/mol. The summed E-state index contributed by atoms with van der Waals surface area (Å²) < 4.78 is 53.1. The topological polar surface area (TPSA) is 24.9 Å². The molecule has 0 aliphatic carbocycles. The fourth-order valence-electron chi connectivity index (χ4n) is 2.05. The van der Waals surface area contributed by atoms with Crippen molar-refractivity contribution in [2.24, 2.45) is 0 Å². The van der Waals surface area contributed by atoms with Crippen molar-refractivity contribution in [1.29, 1.82) is 0 Å². The van der Waals surface area contributed by atoms with E-state index < -0.39 is 36.1 Å². The first-order valence-electron chi connectivity index (χ1n) is 6.80. The van der Waals surface area contributed by atoms with Gasteiger partial charge in [0.2, 0.25) is 0 Å². The molecule has 2 rings (SSSR count). The van der Waals surface area contributed by atoms with Gasteiger partial charge in [0.25, 0.3) is 0 Å². The molecule has 1 aromatic heterocycles. The number of aromatic nitrogens is 1. The maximum atomic E-state index is 13.5. The van der Waals surface area contributed by atoms with Crippen LogP contribution in [0.25, 0.3) is 0 Å². The van der Waals surface area contributed by atoms with Gasteiger partial charge < -0.3 is 0 Å². The molecule has 0 atom stereocenters. The third-order valence-electron chi connectivity index (χ3n) is 3.20. The third kappa shape index (κ3) is 4.29. The van der Waals surface area contributed by atoms with Crippen LogP contribution >= 0.6 is 11.6 Å². The van der Waals surface area contributed by atoms with Crippen LogP contribution < -0.4 is 8.90 Å². The van der Waals surface area contributed by atoms with E-state index >= 15 is 0 Å². The molecule has 2 aromatic rings. The zero-order chi connectivity index (χ0) is 17.4. The van der Waals surface area contributed by atoms with E-state index in [1.54, 1.807) is 0 Å². The molecule has 0 amide bonds. The molecule has 0 unspecified atom stereocenters. The van der Waals surface area contributed by atoms with Crippen molar-refractivity contribution < 1.29 is 17.6 Å². The summed E-state index contributed by atoms with van der Waals surface area (Å²) in [4.78, 5) is 9.87. The number of nitrogens with zero attached hydrogens (tertiary/aromatic N) is 1. The van der Waals surface area contributed by atoms with E-state index in [0.29, 0.717) is 0 Å². The molecule has 1 heterocycles. The van der Waals surface area contributed by atoms with Gasteiger partial charge in [0.1, 0.15) is 0 Å². The Morgan fingerprint density at radius 3 is 2.30 bits per heavy atom. The number of hydrogen-bond donors (Lipinski definition) is 1. The zero-order valence-corrected chi connectivity index (χ0v) is 16.3. The van der Waals surface area contributed by atoms with Crippen LogP contribution in [0.15, 0.2) is 30.3 Å². The van der Waals surface area contributed by atoms with Crippen molar-refractivity contribution in [2.75, 3.05) is 5.32 Å². The van der Waals surface area contributed by atoms with E-state index in [-0.39, 0.29) is 16.5 Å². The van der Waals surface area contributed by atoms with Crippen molar-refractivity contribution in [1.82, 2.24) is 4.98 Å².